The molecule has 9 heteroatoms. The van der Waals surface area contributed by atoms with Crippen LogP contribution < -0.4 is 9.47 Å². The summed E-state index contributed by atoms with van der Waals surface area (Å²) in [5.41, 5.74) is 1.09. The molecule has 0 spiro atoms. The van der Waals surface area contributed by atoms with Gasteiger partial charge in [-0.15, -0.1) is 0 Å². The Bertz CT molecular complexity index is 1200. The third kappa shape index (κ3) is 3.89. The number of fused-ring (bicyclic) bond motifs is 1. The minimum absolute atomic E-state index is 0.116. The molecule has 2 aromatic carbocycles. The normalized spacial score (nSPS) is 14.6. The summed E-state index contributed by atoms with van der Waals surface area (Å²) >= 11 is 0. The van der Waals surface area contributed by atoms with Crippen molar-refractivity contribution in [1.82, 2.24) is 14.8 Å². The van der Waals surface area contributed by atoms with Gasteiger partial charge in [0.25, 0.3) is 5.69 Å². The molecule has 0 N–H and O–H groups in total. The number of rotatable bonds is 6. The van der Waals surface area contributed by atoms with E-state index in [1.165, 1.54) is 36.6 Å². The molecule has 4 rings (SSSR count). The van der Waals surface area contributed by atoms with Gasteiger partial charge in [-0.2, -0.15) is 5.10 Å². The van der Waals surface area contributed by atoms with Crippen LogP contribution in [0.5, 0.6) is 11.5 Å². The molecular weight excluding hydrogens is 400 g/mol. The summed E-state index contributed by atoms with van der Waals surface area (Å²) in [6, 6.07) is 9.56. The molecule has 0 unspecified atom stereocenters. The summed E-state index contributed by atoms with van der Waals surface area (Å²) in [7, 11) is 1.51. The number of carbonyl (C=O) groups excluding carboxylic acids is 1. The van der Waals surface area contributed by atoms with Crippen LogP contribution in [-0.4, -0.2) is 38.2 Å². The van der Waals surface area contributed by atoms with E-state index in [2.05, 4.69) is 10.1 Å². The molecule has 0 amide bonds. The summed E-state index contributed by atoms with van der Waals surface area (Å²) in [5, 5.41) is 15.5. The molecule has 1 aliphatic heterocycles. The van der Waals surface area contributed by atoms with Crippen molar-refractivity contribution < 1.29 is 19.2 Å². The molecule has 0 saturated heterocycles. The summed E-state index contributed by atoms with van der Waals surface area (Å²) in [6.45, 7) is 3.92. The van der Waals surface area contributed by atoms with Gasteiger partial charge in [-0.3, -0.25) is 14.9 Å². The van der Waals surface area contributed by atoms with E-state index in [1.807, 2.05) is 13.8 Å². The van der Waals surface area contributed by atoms with Crippen molar-refractivity contribution in [2.24, 2.45) is 0 Å². The minimum Gasteiger partial charge on any atom is -0.493 e. The highest BCUT2D eigenvalue weighted by atomic mass is 16.6. The van der Waals surface area contributed by atoms with Crippen molar-refractivity contribution in [3.8, 4) is 11.5 Å². The zero-order valence-corrected chi connectivity index (χ0v) is 17.2. The lowest BCUT2D eigenvalue weighted by molar-refractivity contribution is -0.385. The lowest BCUT2D eigenvalue weighted by Gasteiger charge is -2.17. The number of benzene rings is 2. The van der Waals surface area contributed by atoms with Crippen LogP contribution in [0.15, 0.2) is 49.1 Å². The highest BCUT2D eigenvalue weighted by Gasteiger charge is 2.34. The number of nitro benzene ring substituents is 1. The number of ether oxygens (including phenoxy) is 2. The van der Waals surface area contributed by atoms with Crippen LogP contribution in [0.2, 0.25) is 0 Å². The molecule has 0 bridgehead atoms. The fraction of sp³-hybridized carbons (Fsp3) is 0.227. The quantitative estimate of drug-likeness (QED) is 0.258. The number of methoxy groups -OCH3 is 1. The first-order valence-electron chi connectivity index (χ1n) is 9.54. The Labute approximate surface area is 178 Å². The van der Waals surface area contributed by atoms with Crippen molar-refractivity contribution in [2.75, 3.05) is 7.11 Å². The zero-order chi connectivity index (χ0) is 22.2. The highest BCUT2D eigenvalue weighted by molar-refractivity contribution is 6.28. The topological polar surface area (TPSA) is 109 Å². The Morgan fingerprint density at radius 3 is 2.77 bits per heavy atom. The van der Waals surface area contributed by atoms with E-state index >= 15 is 0 Å². The molecule has 1 aromatic heterocycles. The van der Waals surface area contributed by atoms with E-state index in [1.54, 1.807) is 30.3 Å². The number of carbonyl (C=O) groups is 1. The number of ketones is 1. The Balaban J connectivity index is 1.84. The van der Waals surface area contributed by atoms with Gasteiger partial charge >= 0.3 is 0 Å². The Morgan fingerprint density at radius 1 is 1.32 bits per heavy atom. The van der Waals surface area contributed by atoms with Gasteiger partial charge in [0.15, 0.2) is 11.5 Å². The van der Waals surface area contributed by atoms with Crippen LogP contribution in [0.3, 0.4) is 0 Å². The van der Waals surface area contributed by atoms with Crippen LogP contribution in [0.1, 0.15) is 35.3 Å². The van der Waals surface area contributed by atoms with Crippen molar-refractivity contribution in [1.29, 1.82) is 0 Å². The van der Waals surface area contributed by atoms with E-state index in [0.717, 1.165) is 5.56 Å². The van der Waals surface area contributed by atoms with Gasteiger partial charge in [0, 0.05) is 23.6 Å². The second kappa shape index (κ2) is 7.67. The molecule has 0 atom stereocenters. The molecule has 31 heavy (non-hydrogen) atoms. The van der Waals surface area contributed by atoms with E-state index in [-0.39, 0.29) is 22.7 Å². The number of nitrogens with zero attached hydrogens (tertiary/aromatic N) is 4. The molecule has 0 saturated carbocycles. The monoisotopic (exact) mass is 420 g/mol. The van der Waals surface area contributed by atoms with Crippen molar-refractivity contribution >= 4 is 23.2 Å². The average molecular weight is 420 g/mol. The fourth-order valence-corrected chi connectivity index (χ4v) is 3.60. The molecular formula is C22H20N4O5. The van der Waals surface area contributed by atoms with Crippen LogP contribution in [-0.2, 0) is 6.42 Å². The highest BCUT2D eigenvalue weighted by Crippen LogP contribution is 2.43. The summed E-state index contributed by atoms with van der Waals surface area (Å²) in [4.78, 5) is 28.4. The first-order chi connectivity index (χ1) is 14.8. The summed E-state index contributed by atoms with van der Waals surface area (Å²) in [5.74, 6) is 0.693. The maximum absolute atomic E-state index is 13.5. The number of hydrogen-bond donors (Lipinski definition) is 0. The summed E-state index contributed by atoms with van der Waals surface area (Å²) < 4.78 is 12.7. The van der Waals surface area contributed by atoms with Crippen molar-refractivity contribution in [3.63, 3.8) is 0 Å². The van der Waals surface area contributed by atoms with Crippen LogP contribution in [0.4, 0.5) is 5.69 Å². The SMILES string of the molecule is COc1cc(C(=O)C(=Cc2ccccc2[N+](=O)[O-])n2cncn2)cc2c1OC(C)(C)C2. The predicted molar refractivity (Wildman–Crippen MR) is 113 cm³/mol. The van der Waals surface area contributed by atoms with E-state index in [9.17, 15) is 14.9 Å². The van der Waals surface area contributed by atoms with Crippen molar-refractivity contribution in [3.05, 3.63) is 75.9 Å². The molecule has 2 heterocycles. The van der Waals surface area contributed by atoms with E-state index in [0.29, 0.717) is 23.5 Å². The summed E-state index contributed by atoms with van der Waals surface area (Å²) in [6.07, 6.45) is 4.72. The Morgan fingerprint density at radius 2 is 2.10 bits per heavy atom. The minimum atomic E-state index is -0.493. The third-order valence-electron chi connectivity index (χ3n) is 4.93. The second-order valence-corrected chi connectivity index (χ2v) is 7.72. The molecule has 0 aliphatic carbocycles. The van der Waals surface area contributed by atoms with Gasteiger partial charge in [-0.25, -0.2) is 9.67 Å². The largest absolute Gasteiger partial charge is 0.493 e. The van der Waals surface area contributed by atoms with Crippen LogP contribution in [0.25, 0.3) is 11.8 Å². The Hall–Kier alpha value is -4.01. The van der Waals surface area contributed by atoms with Gasteiger partial charge in [-0.05, 0) is 38.1 Å². The van der Waals surface area contributed by atoms with Crippen LogP contribution in [0, 0.1) is 10.1 Å². The van der Waals surface area contributed by atoms with Gasteiger partial charge in [0.05, 0.1) is 17.6 Å². The number of hydrogen-bond acceptors (Lipinski definition) is 7. The van der Waals surface area contributed by atoms with Gasteiger partial charge < -0.3 is 9.47 Å². The maximum atomic E-state index is 13.5. The van der Waals surface area contributed by atoms with E-state index < -0.39 is 10.5 Å². The zero-order valence-electron chi connectivity index (χ0n) is 17.2. The smallest absolute Gasteiger partial charge is 0.276 e. The van der Waals surface area contributed by atoms with Gasteiger partial charge in [0.1, 0.15) is 24.0 Å². The standard InChI is InChI=1S/C22H20N4O5/c1-22(2)11-16-8-15(10-19(30-3)21(16)31-22)20(27)18(25-13-23-12-24-25)9-14-6-4-5-7-17(14)26(28)29/h4-10,12-13H,11H2,1-3H3. The third-order valence-corrected chi connectivity index (χ3v) is 4.93. The van der Waals surface area contributed by atoms with E-state index in [4.69, 9.17) is 9.47 Å². The van der Waals surface area contributed by atoms with Gasteiger partial charge in [-0.1, -0.05) is 12.1 Å². The first kappa shape index (κ1) is 20.3. The molecule has 0 fully saturated rings. The fourth-order valence-electron chi connectivity index (χ4n) is 3.60. The van der Waals surface area contributed by atoms with Crippen molar-refractivity contribution in [2.45, 2.75) is 25.9 Å². The number of allylic oxidation sites excluding steroid dienone is 1. The lowest BCUT2D eigenvalue weighted by Crippen LogP contribution is -2.24. The number of nitro groups is 1. The molecule has 9 nitrogen and oxygen atoms in total. The Kier molecular flexibility index (Phi) is 5.02. The molecule has 3 aromatic rings. The van der Waals surface area contributed by atoms with Gasteiger partial charge in [0.2, 0.25) is 5.78 Å². The molecule has 158 valence electrons. The number of aromatic nitrogens is 3. The lowest BCUT2D eigenvalue weighted by atomic mass is 9.97. The second-order valence-electron chi connectivity index (χ2n) is 7.72. The maximum Gasteiger partial charge on any atom is 0.276 e. The first-order valence-corrected chi connectivity index (χ1v) is 9.54. The molecule has 0 radical (unpaired) electrons. The van der Waals surface area contributed by atoms with Crippen LogP contribution >= 0.6 is 0 Å². The predicted octanol–water partition coefficient (Wildman–Crippen LogP) is 3.79. The number of Topliss-reactive ketones (excluding diaryl/α,β-unsaturated/α-hetero) is 1. The average Bonchev–Trinajstić information content (AvgIpc) is 3.37. The molecule has 1 aliphatic rings. The number of para-hydroxylation sites is 1.